The lowest BCUT2D eigenvalue weighted by molar-refractivity contribution is -0.138. The smallest absolute Gasteiger partial charge is 0.339 e. The second-order valence-electron chi connectivity index (χ2n) is 7.84. The minimum absolute atomic E-state index is 0.0248. The SMILES string of the molecule is CC(=O)c1ccc(NC(=O)C(=O)[C@@H](C(=O)c2ccc(Cl)c(Cl)c2)[C@H]2OC(=O)c3ccccc32)cc1. The van der Waals surface area contributed by atoms with Crippen molar-refractivity contribution in [2.24, 2.45) is 5.92 Å². The molecule has 0 saturated heterocycles. The third-order valence-electron chi connectivity index (χ3n) is 5.57. The van der Waals surface area contributed by atoms with Crippen LogP contribution in [-0.4, -0.2) is 29.2 Å². The first-order valence-corrected chi connectivity index (χ1v) is 11.2. The van der Waals surface area contributed by atoms with Crippen LogP contribution in [-0.2, 0) is 14.3 Å². The third kappa shape index (κ3) is 4.87. The highest BCUT2D eigenvalue weighted by Crippen LogP contribution is 2.38. The number of anilines is 1. The van der Waals surface area contributed by atoms with Crippen molar-refractivity contribution in [3.8, 4) is 0 Å². The van der Waals surface area contributed by atoms with E-state index in [2.05, 4.69) is 5.32 Å². The second-order valence-corrected chi connectivity index (χ2v) is 8.65. The monoisotopic (exact) mass is 509 g/mol. The minimum atomic E-state index is -1.67. The Balaban J connectivity index is 1.69. The minimum Gasteiger partial charge on any atom is -0.453 e. The number of ether oxygens (including phenoxy) is 1. The predicted molar refractivity (Wildman–Crippen MR) is 129 cm³/mol. The van der Waals surface area contributed by atoms with Gasteiger partial charge in [0.25, 0.3) is 5.91 Å². The lowest BCUT2D eigenvalue weighted by Gasteiger charge is -2.21. The molecule has 0 spiro atoms. The highest BCUT2D eigenvalue weighted by molar-refractivity contribution is 6.46. The highest BCUT2D eigenvalue weighted by atomic mass is 35.5. The van der Waals surface area contributed by atoms with Gasteiger partial charge in [0.2, 0.25) is 5.78 Å². The van der Waals surface area contributed by atoms with Crippen molar-refractivity contribution in [2.45, 2.75) is 13.0 Å². The summed E-state index contributed by atoms with van der Waals surface area (Å²) >= 11 is 12.0. The summed E-state index contributed by atoms with van der Waals surface area (Å²) in [7, 11) is 0. The lowest BCUT2D eigenvalue weighted by atomic mass is 9.84. The fraction of sp³-hybridized carbons (Fsp3) is 0.115. The molecule has 0 bridgehead atoms. The van der Waals surface area contributed by atoms with Gasteiger partial charge in [-0.05, 0) is 55.5 Å². The number of esters is 1. The van der Waals surface area contributed by atoms with Crippen LogP contribution in [0, 0.1) is 5.92 Å². The number of Topliss-reactive ketones (excluding diaryl/α,β-unsaturated/α-hetero) is 3. The van der Waals surface area contributed by atoms with Gasteiger partial charge in [-0.3, -0.25) is 19.2 Å². The summed E-state index contributed by atoms with van der Waals surface area (Å²) in [5.74, 6) is -5.48. The second kappa shape index (κ2) is 9.82. The van der Waals surface area contributed by atoms with E-state index in [9.17, 15) is 24.0 Å². The van der Waals surface area contributed by atoms with Crippen molar-refractivity contribution in [3.63, 3.8) is 0 Å². The Hall–Kier alpha value is -3.81. The van der Waals surface area contributed by atoms with Crippen LogP contribution >= 0.6 is 23.2 Å². The first-order valence-electron chi connectivity index (χ1n) is 10.4. The number of carbonyl (C=O) groups excluding carboxylic acids is 5. The van der Waals surface area contributed by atoms with E-state index in [0.29, 0.717) is 11.1 Å². The molecule has 7 nitrogen and oxygen atoms in total. The average molecular weight is 510 g/mol. The number of ketones is 3. The van der Waals surface area contributed by atoms with E-state index in [1.807, 2.05) is 0 Å². The molecule has 0 aliphatic carbocycles. The van der Waals surface area contributed by atoms with E-state index in [1.165, 1.54) is 55.5 Å². The van der Waals surface area contributed by atoms with Gasteiger partial charge in [-0.15, -0.1) is 0 Å². The molecule has 0 fully saturated rings. The summed E-state index contributed by atoms with van der Waals surface area (Å²) in [6.45, 7) is 1.40. The summed E-state index contributed by atoms with van der Waals surface area (Å²) in [5.41, 5.74) is 1.23. The maximum atomic E-state index is 13.5. The molecule has 9 heteroatoms. The molecule has 0 aromatic heterocycles. The first kappa shape index (κ1) is 24.3. The van der Waals surface area contributed by atoms with Crippen LogP contribution < -0.4 is 5.32 Å². The Bertz CT molecular complexity index is 1380. The third-order valence-corrected chi connectivity index (χ3v) is 6.31. The number of amides is 1. The zero-order valence-corrected chi connectivity index (χ0v) is 19.7. The zero-order valence-electron chi connectivity index (χ0n) is 18.2. The molecule has 0 unspecified atom stereocenters. The molecule has 3 aromatic carbocycles. The topological polar surface area (TPSA) is 107 Å². The normalized spacial score (nSPS) is 15.1. The van der Waals surface area contributed by atoms with Gasteiger partial charge in [-0.25, -0.2) is 4.79 Å². The summed E-state index contributed by atoms with van der Waals surface area (Å²) in [4.78, 5) is 63.6. The number of nitrogens with one attached hydrogen (secondary N) is 1. The molecule has 1 N–H and O–H groups in total. The number of carbonyl (C=O) groups is 5. The van der Waals surface area contributed by atoms with Gasteiger partial charge < -0.3 is 10.1 Å². The molecule has 1 heterocycles. The quantitative estimate of drug-likeness (QED) is 0.205. The van der Waals surface area contributed by atoms with Crippen LogP contribution in [0.4, 0.5) is 5.69 Å². The molecule has 4 rings (SSSR count). The number of fused-ring (bicyclic) bond motifs is 1. The molecule has 176 valence electrons. The number of rotatable bonds is 7. The van der Waals surface area contributed by atoms with E-state index < -0.39 is 35.5 Å². The number of cyclic esters (lactones) is 1. The van der Waals surface area contributed by atoms with Crippen LogP contribution in [0.1, 0.15) is 49.7 Å². The van der Waals surface area contributed by atoms with E-state index in [4.69, 9.17) is 27.9 Å². The molecule has 2 atom stereocenters. The lowest BCUT2D eigenvalue weighted by Crippen LogP contribution is -2.38. The van der Waals surface area contributed by atoms with Crippen molar-refractivity contribution >= 4 is 58.1 Å². The van der Waals surface area contributed by atoms with Crippen molar-refractivity contribution in [2.75, 3.05) is 5.32 Å². The van der Waals surface area contributed by atoms with Gasteiger partial charge in [0, 0.05) is 22.4 Å². The van der Waals surface area contributed by atoms with Crippen LogP contribution in [0.5, 0.6) is 0 Å². The largest absolute Gasteiger partial charge is 0.453 e. The van der Waals surface area contributed by atoms with Gasteiger partial charge in [-0.2, -0.15) is 0 Å². The van der Waals surface area contributed by atoms with Crippen LogP contribution in [0.25, 0.3) is 0 Å². The van der Waals surface area contributed by atoms with Gasteiger partial charge in [0.15, 0.2) is 11.6 Å². The molecule has 35 heavy (non-hydrogen) atoms. The fourth-order valence-electron chi connectivity index (χ4n) is 3.77. The van der Waals surface area contributed by atoms with Crippen molar-refractivity contribution < 1.29 is 28.7 Å². The van der Waals surface area contributed by atoms with Gasteiger partial charge in [0.1, 0.15) is 12.0 Å². The van der Waals surface area contributed by atoms with Crippen LogP contribution in [0.15, 0.2) is 66.7 Å². The summed E-state index contributed by atoms with van der Waals surface area (Å²) in [6, 6.07) is 16.3. The Morgan fingerprint density at radius 3 is 2.20 bits per heavy atom. The molecule has 3 aromatic rings. The van der Waals surface area contributed by atoms with E-state index in [1.54, 1.807) is 18.2 Å². The Morgan fingerprint density at radius 2 is 1.54 bits per heavy atom. The van der Waals surface area contributed by atoms with E-state index in [-0.39, 0.29) is 32.6 Å². The standard InChI is InChI=1S/C26H17Cl2NO6/c1-13(30)14-6-9-16(10-7-14)29-25(33)23(32)21(22(31)15-8-11-19(27)20(28)12-15)24-17-4-2-3-5-18(17)26(34)35-24/h2-12,21,24H,1H3,(H,29,33)/t21-,24+/m1/s1. The molecular weight excluding hydrogens is 493 g/mol. The van der Waals surface area contributed by atoms with Gasteiger partial charge >= 0.3 is 5.97 Å². The predicted octanol–water partition coefficient (Wildman–Crippen LogP) is 5.11. The number of hydrogen-bond donors (Lipinski definition) is 1. The summed E-state index contributed by atoms with van der Waals surface area (Å²) < 4.78 is 5.40. The zero-order chi connectivity index (χ0) is 25.3. The van der Waals surface area contributed by atoms with Crippen molar-refractivity contribution in [3.05, 3.63) is 99.0 Å². The van der Waals surface area contributed by atoms with E-state index >= 15 is 0 Å². The van der Waals surface area contributed by atoms with Gasteiger partial charge in [0.05, 0.1) is 15.6 Å². The number of benzene rings is 3. The Kier molecular flexibility index (Phi) is 6.82. The highest BCUT2D eigenvalue weighted by Gasteiger charge is 2.46. The first-order chi connectivity index (χ1) is 16.7. The Labute approximate surface area is 210 Å². The molecule has 0 radical (unpaired) electrons. The summed E-state index contributed by atoms with van der Waals surface area (Å²) in [5, 5.41) is 2.72. The molecular formula is C26H17Cl2NO6. The van der Waals surface area contributed by atoms with Crippen LogP contribution in [0.2, 0.25) is 10.0 Å². The Morgan fingerprint density at radius 1 is 0.886 bits per heavy atom. The molecule has 1 aliphatic rings. The molecule has 1 amide bonds. The number of hydrogen-bond acceptors (Lipinski definition) is 6. The van der Waals surface area contributed by atoms with E-state index in [0.717, 1.165) is 0 Å². The van der Waals surface area contributed by atoms with Crippen molar-refractivity contribution in [1.29, 1.82) is 0 Å². The molecule has 1 aliphatic heterocycles. The van der Waals surface area contributed by atoms with Gasteiger partial charge in [-0.1, -0.05) is 41.4 Å². The fourth-order valence-corrected chi connectivity index (χ4v) is 4.06. The summed E-state index contributed by atoms with van der Waals surface area (Å²) in [6.07, 6.45) is -1.31. The van der Waals surface area contributed by atoms with Crippen LogP contribution in [0.3, 0.4) is 0 Å². The van der Waals surface area contributed by atoms with Crippen molar-refractivity contribution in [1.82, 2.24) is 0 Å². The number of halogens is 2. The maximum absolute atomic E-state index is 13.5. The average Bonchev–Trinajstić information content (AvgIpc) is 3.17. The maximum Gasteiger partial charge on any atom is 0.339 e. The molecule has 0 saturated carbocycles.